The van der Waals surface area contributed by atoms with Gasteiger partial charge in [-0.1, -0.05) is 42.5 Å². The monoisotopic (exact) mass is 241 g/mol. The van der Waals surface area contributed by atoms with Crippen molar-refractivity contribution in [1.29, 1.82) is 0 Å². The number of carbonyl (C=O) groups is 1. The first-order valence-corrected chi connectivity index (χ1v) is 5.77. The number of anilines is 1. The third-order valence-electron chi connectivity index (χ3n) is 3.03. The Morgan fingerprint density at radius 3 is 2.39 bits per heavy atom. The second kappa shape index (κ2) is 4.92. The van der Waals surface area contributed by atoms with Crippen LogP contribution in [0.2, 0.25) is 0 Å². The van der Waals surface area contributed by atoms with E-state index in [0.717, 1.165) is 16.7 Å². The topological polar surface area (TPSA) is 63.3 Å². The molecule has 3 N–H and O–H groups in total. The van der Waals surface area contributed by atoms with Gasteiger partial charge in [0.15, 0.2) is 0 Å². The minimum atomic E-state index is -0.845. The van der Waals surface area contributed by atoms with Crippen LogP contribution in [0.15, 0.2) is 48.5 Å². The molecule has 0 aliphatic carbocycles. The third kappa shape index (κ3) is 2.35. The first kappa shape index (κ1) is 12.2. The lowest BCUT2D eigenvalue weighted by Crippen LogP contribution is -2.07. The maximum absolute atomic E-state index is 10.9. The molecule has 2 rings (SSSR count). The van der Waals surface area contributed by atoms with Crippen molar-refractivity contribution < 1.29 is 9.90 Å². The maximum atomic E-state index is 10.9. The number of benzene rings is 2. The Bertz CT molecular complexity index is 564. The van der Waals surface area contributed by atoms with Crippen LogP contribution in [0.4, 0.5) is 5.69 Å². The Kier molecular flexibility index (Phi) is 3.33. The van der Waals surface area contributed by atoms with E-state index in [1.165, 1.54) is 0 Å². The molecule has 0 unspecified atom stereocenters. The molecule has 3 nitrogen and oxygen atoms in total. The summed E-state index contributed by atoms with van der Waals surface area (Å²) in [4.78, 5) is 10.9. The lowest BCUT2D eigenvalue weighted by molar-refractivity contribution is -0.138. The molecule has 2 aromatic rings. The van der Waals surface area contributed by atoms with Crippen molar-refractivity contribution in [1.82, 2.24) is 0 Å². The molecular weight excluding hydrogens is 226 g/mol. The first-order valence-electron chi connectivity index (χ1n) is 5.77. The highest BCUT2D eigenvalue weighted by atomic mass is 16.4. The summed E-state index contributed by atoms with van der Waals surface area (Å²) in [5.74, 6) is -1.39. The van der Waals surface area contributed by atoms with Gasteiger partial charge in [-0.25, -0.2) is 0 Å². The summed E-state index contributed by atoms with van der Waals surface area (Å²) < 4.78 is 0. The summed E-state index contributed by atoms with van der Waals surface area (Å²) in [6.07, 6.45) is 0. The highest BCUT2D eigenvalue weighted by Gasteiger charge is 2.14. The van der Waals surface area contributed by atoms with Gasteiger partial charge < -0.3 is 10.8 Å². The van der Waals surface area contributed by atoms with Crippen LogP contribution in [0.25, 0.3) is 11.1 Å². The summed E-state index contributed by atoms with van der Waals surface area (Å²) in [7, 11) is 0. The number of rotatable bonds is 3. The molecule has 0 aliphatic heterocycles. The summed E-state index contributed by atoms with van der Waals surface area (Å²) >= 11 is 0. The van der Waals surface area contributed by atoms with E-state index in [2.05, 4.69) is 0 Å². The first-order chi connectivity index (χ1) is 8.59. The Morgan fingerprint density at radius 2 is 1.83 bits per heavy atom. The average molecular weight is 241 g/mol. The van der Waals surface area contributed by atoms with E-state index in [-0.39, 0.29) is 0 Å². The van der Waals surface area contributed by atoms with Crippen LogP contribution in [-0.4, -0.2) is 11.1 Å². The van der Waals surface area contributed by atoms with Gasteiger partial charge in [-0.15, -0.1) is 0 Å². The van der Waals surface area contributed by atoms with Crippen LogP contribution in [-0.2, 0) is 4.79 Å². The predicted octanol–water partition coefficient (Wildman–Crippen LogP) is 3.12. The normalized spacial score (nSPS) is 12.1. The molecule has 0 saturated heterocycles. The molecule has 3 heteroatoms. The number of hydrogen-bond acceptors (Lipinski definition) is 2. The number of carboxylic acids is 1. The smallest absolute Gasteiger partial charge is 0.310 e. The Morgan fingerprint density at radius 1 is 1.17 bits per heavy atom. The van der Waals surface area contributed by atoms with Crippen LogP contribution in [0.1, 0.15) is 18.4 Å². The van der Waals surface area contributed by atoms with E-state index < -0.39 is 11.9 Å². The fraction of sp³-hybridized carbons (Fsp3) is 0.133. The number of nitrogen functional groups attached to an aromatic ring is 1. The minimum Gasteiger partial charge on any atom is -0.481 e. The molecule has 0 saturated carbocycles. The maximum Gasteiger partial charge on any atom is 0.310 e. The van der Waals surface area contributed by atoms with Crippen molar-refractivity contribution >= 4 is 11.7 Å². The van der Waals surface area contributed by atoms with Crippen LogP contribution >= 0.6 is 0 Å². The van der Waals surface area contributed by atoms with Crippen LogP contribution in [0.3, 0.4) is 0 Å². The zero-order valence-electron chi connectivity index (χ0n) is 10.1. The highest BCUT2D eigenvalue weighted by Crippen LogP contribution is 2.29. The van der Waals surface area contributed by atoms with Crippen LogP contribution < -0.4 is 5.73 Å². The van der Waals surface area contributed by atoms with Gasteiger partial charge in [-0.3, -0.25) is 4.79 Å². The molecule has 0 aromatic heterocycles. The molecule has 0 fully saturated rings. The van der Waals surface area contributed by atoms with Crippen molar-refractivity contribution in [2.24, 2.45) is 0 Å². The zero-order valence-corrected chi connectivity index (χ0v) is 10.1. The standard InChI is InChI=1S/C15H15NO2/c1-10(15(17)18)12-7-8-13(14(16)9-12)11-5-3-2-4-6-11/h2-10H,16H2,1H3,(H,17,18)/t10-/m0/s1. The Balaban J connectivity index is 2.40. The fourth-order valence-corrected chi connectivity index (χ4v) is 1.87. The van der Waals surface area contributed by atoms with Crippen LogP contribution in [0.5, 0.6) is 0 Å². The number of aliphatic carboxylic acids is 1. The van der Waals surface area contributed by atoms with Gasteiger partial charge in [0.05, 0.1) is 5.92 Å². The zero-order chi connectivity index (χ0) is 13.1. The molecule has 0 bridgehead atoms. The molecule has 0 amide bonds. The average Bonchev–Trinajstić information content (AvgIpc) is 2.38. The third-order valence-corrected chi connectivity index (χ3v) is 3.03. The Labute approximate surface area is 106 Å². The Hall–Kier alpha value is -2.29. The predicted molar refractivity (Wildman–Crippen MR) is 72.3 cm³/mol. The molecule has 2 aromatic carbocycles. The van der Waals surface area contributed by atoms with Gasteiger partial charge in [0.25, 0.3) is 0 Å². The lowest BCUT2D eigenvalue weighted by atomic mass is 9.96. The molecule has 18 heavy (non-hydrogen) atoms. The van der Waals surface area contributed by atoms with E-state index >= 15 is 0 Å². The van der Waals surface area contributed by atoms with Gasteiger partial charge in [0.1, 0.15) is 0 Å². The van der Waals surface area contributed by atoms with E-state index in [1.54, 1.807) is 13.0 Å². The molecule has 0 aliphatic rings. The quantitative estimate of drug-likeness (QED) is 0.811. The van der Waals surface area contributed by atoms with E-state index in [1.807, 2.05) is 42.5 Å². The number of carboxylic acid groups (broad SMARTS) is 1. The summed E-state index contributed by atoms with van der Waals surface area (Å²) in [5.41, 5.74) is 9.28. The fourth-order valence-electron chi connectivity index (χ4n) is 1.87. The van der Waals surface area contributed by atoms with Gasteiger partial charge in [-0.05, 0) is 24.1 Å². The van der Waals surface area contributed by atoms with Crippen molar-refractivity contribution in [3.05, 3.63) is 54.1 Å². The second-order valence-electron chi connectivity index (χ2n) is 4.27. The summed E-state index contributed by atoms with van der Waals surface area (Å²) in [6.45, 7) is 1.65. The lowest BCUT2D eigenvalue weighted by Gasteiger charge is -2.11. The molecule has 0 spiro atoms. The largest absolute Gasteiger partial charge is 0.481 e. The van der Waals surface area contributed by atoms with Crippen molar-refractivity contribution in [2.75, 3.05) is 5.73 Å². The molecule has 92 valence electrons. The van der Waals surface area contributed by atoms with E-state index in [0.29, 0.717) is 5.69 Å². The van der Waals surface area contributed by atoms with Gasteiger partial charge in [0.2, 0.25) is 0 Å². The van der Waals surface area contributed by atoms with Gasteiger partial charge in [0, 0.05) is 11.3 Å². The second-order valence-corrected chi connectivity index (χ2v) is 4.27. The van der Waals surface area contributed by atoms with Crippen LogP contribution in [0, 0.1) is 0 Å². The van der Waals surface area contributed by atoms with Crippen molar-refractivity contribution in [3.8, 4) is 11.1 Å². The minimum absolute atomic E-state index is 0.544. The molecule has 0 radical (unpaired) electrons. The highest BCUT2D eigenvalue weighted by molar-refractivity contribution is 5.80. The SMILES string of the molecule is C[C@H](C(=O)O)c1ccc(-c2ccccc2)c(N)c1. The van der Waals surface area contributed by atoms with E-state index in [4.69, 9.17) is 10.8 Å². The van der Waals surface area contributed by atoms with Crippen molar-refractivity contribution in [3.63, 3.8) is 0 Å². The molecular formula is C15H15NO2. The number of nitrogens with two attached hydrogens (primary N) is 1. The van der Waals surface area contributed by atoms with E-state index in [9.17, 15) is 4.79 Å². The van der Waals surface area contributed by atoms with Crippen molar-refractivity contribution in [2.45, 2.75) is 12.8 Å². The van der Waals surface area contributed by atoms with Gasteiger partial charge in [-0.2, -0.15) is 0 Å². The summed E-state index contributed by atoms with van der Waals surface area (Å²) in [6, 6.07) is 15.2. The summed E-state index contributed by atoms with van der Waals surface area (Å²) in [5, 5.41) is 8.97. The van der Waals surface area contributed by atoms with Gasteiger partial charge >= 0.3 is 5.97 Å². The number of hydrogen-bond donors (Lipinski definition) is 2. The molecule has 1 atom stereocenters. The molecule has 0 heterocycles.